The van der Waals surface area contributed by atoms with Crippen molar-refractivity contribution in [2.45, 2.75) is 6.92 Å². The number of amides is 1. The molecule has 1 aromatic carbocycles. The quantitative estimate of drug-likeness (QED) is 0.576. The second kappa shape index (κ2) is 6.81. The maximum Gasteiger partial charge on any atom is 0.258 e. The van der Waals surface area contributed by atoms with Crippen LogP contribution in [0.15, 0.2) is 54.9 Å². The highest BCUT2D eigenvalue weighted by Crippen LogP contribution is 2.24. The summed E-state index contributed by atoms with van der Waals surface area (Å²) in [6, 6.07) is 1.49. The molecule has 0 saturated heterocycles. The van der Waals surface area contributed by atoms with E-state index in [2.05, 4.69) is 20.3 Å². The van der Waals surface area contributed by atoms with E-state index in [0.717, 1.165) is 22.3 Å². The maximum absolute atomic E-state index is 12.7. The molecule has 0 aliphatic heterocycles. The maximum atomic E-state index is 12.7. The van der Waals surface area contributed by atoms with Crippen molar-refractivity contribution in [1.29, 1.82) is 0 Å². The number of pyridine rings is 2. The van der Waals surface area contributed by atoms with E-state index in [9.17, 15) is 4.79 Å². The van der Waals surface area contributed by atoms with E-state index in [4.69, 9.17) is 17.1 Å². The summed E-state index contributed by atoms with van der Waals surface area (Å²) in [7, 11) is 1.90. The monoisotopic (exact) mass is 381 g/mol. The second-order valence-electron chi connectivity index (χ2n) is 5.88. The fraction of sp³-hybridized carbons (Fsp3) is 0.100. The molecule has 4 rings (SSSR count). The number of hydrogen-bond acceptors (Lipinski definition) is 4. The molecule has 27 heavy (non-hydrogen) atoms. The first-order valence-corrected chi connectivity index (χ1v) is 8.38. The Balaban J connectivity index is 1.71. The van der Waals surface area contributed by atoms with Crippen molar-refractivity contribution in [2.24, 2.45) is 7.05 Å². The minimum atomic E-state index is -0.777. The molecule has 1 amide bonds. The summed E-state index contributed by atoms with van der Waals surface area (Å²) in [6.45, 7) is 1.89. The SMILES string of the molecule is [2H]c1c([2H])c([2H])c(C(=O)Nc2cc3cc(-c4cnc(C)n4C)ncc3cn2)c(Cl)c1[2H]. The molecular formula is C20H16ClN5O. The Bertz CT molecular complexity index is 1340. The molecule has 7 heteroatoms. The van der Waals surface area contributed by atoms with Gasteiger partial charge in [-0.2, -0.15) is 0 Å². The molecule has 0 aliphatic carbocycles. The van der Waals surface area contributed by atoms with Crippen molar-refractivity contribution >= 4 is 34.1 Å². The highest BCUT2D eigenvalue weighted by molar-refractivity contribution is 6.34. The summed E-state index contributed by atoms with van der Waals surface area (Å²) in [6.07, 6.45) is 4.96. The largest absolute Gasteiger partial charge is 0.330 e. The van der Waals surface area contributed by atoms with E-state index < -0.39 is 30.1 Å². The van der Waals surface area contributed by atoms with Crippen LogP contribution < -0.4 is 5.32 Å². The van der Waals surface area contributed by atoms with Crippen LogP contribution in [0.2, 0.25) is 5.02 Å². The molecule has 3 heterocycles. The van der Waals surface area contributed by atoms with Crippen LogP contribution in [0.25, 0.3) is 22.2 Å². The average molecular weight is 382 g/mol. The molecule has 4 aromatic rings. The van der Waals surface area contributed by atoms with Gasteiger partial charge in [0.2, 0.25) is 0 Å². The number of rotatable bonds is 3. The lowest BCUT2D eigenvalue weighted by atomic mass is 10.1. The lowest BCUT2D eigenvalue weighted by Crippen LogP contribution is -2.13. The second-order valence-corrected chi connectivity index (χ2v) is 6.26. The number of carbonyl (C=O) groups is 1. The molecule has 0 spiro atoms. The standard InChI is InChI=1S/C20H16ClN5O/c1-12-22-11-18(26(12)2)17-7-13-8-19(24-10-14(13)9-23-17)25-20(27)15-5-3-4-6-16(15)21/h3-11H,1-2H3,(H,24,25,27)/i3D,4D,5D,6D. The number of nitrogens with one attached hydrogen (secondary N) is 1. The van der Waals surface area contributed by atoms with Crippen molar-refractivity contribution < 1.29 is 10.3 Å². The number of hydrogen-bond donors (Lipinski definition) is 1. The zero-order chi connectivity index (χ0) is 22.4. The minimum Gasteiger partial charge on any atom is -0.330 e. The molecular weight excluding hydrogens is 362 g/mol. The van der Waals surface area contributed by atoms with Gasteiger partial charge in [-0.05, 0) is 36.5 Å². The Morgan fingerprint density at radius 1 is 1.11 bits per heavy atom. The predicted molar refractivity (Wildman–Crippen MR) is 106 cm³/mol. The summed E-state index contributed by atoms with van der Waals surface area (Å²) < 4.78 is 33.1. The number of halogens is 1. The van der Waals surface area contributed by atoms with Crippen molar-refractivity contribution in [3.8, 4) is 11.4 Å². The van der Waals surface area contributed by atoms with Gasteiger partial charge >= 0.3 is 0 Å². The smallest absolute Gasteiger partial charge is 0.258 e. The summed E-state index contributed by atoms with van der Waals surface area (Å²) in [4.78, 5) is 25.7. The highest BCUT2D eigenvalue weighted by Gasteiger charge is 2.12. The lowest BCUT2D eigenvalue weighted by Gasteiger charge is -2.08. The van der Waals surface area contributed by atoms with Gasteiger partial charge in [-0.25, -0.2) is 9.97 Å². The number of imidazole rings is 1. The van der Waals surface area contributed by atoms with Gasteiger partial charge in [0, 0.05) is 24.8 Å². The summed E-state index contributed by atoms with van der Waals surface area (Å²) in [5.41, 5.74) is 1.21. The van der Waals surface area contributed by atoms with Crippen LogP contribution >= 0.6 is 11.6 Å². The molecule has 3 aromatic heterocycles. The lowest BCUT2D eigenvalue weighted by molar-refractivity contribution is 0.102. The van der Waals surface area contributed by atoms with Gasteiger partial charge in [0.1, 0.15) is 11.6 Å². The van der Waals surface area contributed by atoms with E-state index in [1.165, 1.54) is 0 Å². The highest BCUT2D eigenvalue weighted by atomic mass is 35.5. The van der Waals surface area contributed by atoms with Crippen molar-refractivity contribution in [3.05, 3.63) is 71.3 Å². The van der Waals surface area contributed by atoms with Crippen LogP contribution in [0.4, 0.5) is 5.82 Å². The Morgan fingerprint density at radius 2 is 1.89 bits per heavy atom. The van der Waals surface area contributed by atoms with Crippen molar-refractivity contribution in [2.75, 3.05) is 5.32 Å². The fourth-order valence-corrected chi connectivity index (χ4v) is 2.80. The molecule has 1 N–H and O–H groups in total. The molecule has 0 saturated carbocycles. The number of fused-ring (bicyclic) bond motifs is 1. The normalized spacial score (nSPS) is 13.0. The van der Waals surface area contributed by atoms with E-state index in [0.29, 0.717) is 5.69 Å². The predicted octanol–water partition coefficient (Wildman–Crippen LogP) is 4.24. The number of aryl methyl sites for hydroxylation is 1. The Hall–Kier alpha value is -3.25. The molecule has 134 valence electrons. The van der Waals surface area contributed by atoms with Crippen LogP contribution in [0.1, 0.15) is 21.7 Å². The Kier molecular flexibility index (Phi) is 3.28. The van der Waals surface area contributed by atoms with Gasteiger partial charge in [0.15, 0.2) is 0 Å². The molecule has 0 radical (unpaired) electrons. The van der Waals surface area contributed by atoms with Gasteiger partial charge in [0.05, 0.1) is 33.7 Å². The third-order valence-electron chi connectivity index (χ3n) is 4.20. The summed E-state index contributed by atoms with van der Waals surface area (Å²) in [5, 5.41) is 3.75. The first kappa shape index (κ1) is 13.0. The van der Waals surface area contributed by atoms with E-state index >= 15 is 0 Å². The van der Waals surface area contributed by atoms with Crippen LogP contribution in [0, 0.1) is 6.92 Å². The van der Waals surface area contributed by atoms with E-state index in [1.807, 2.05) is 24.6 Å². The topological polar surface area (TPSA) is 72.7 Å². The summed E-state index contributed by atoms with van der Waals surface area (Å²) >= 11 is 6.03. The van der Waals surface area contributed by atoms with E-state index in [-0.39, 0.29) is 16.4 Å². The zero-order valence-electron chi connectivity index (χ0n) is 18.5. The Labute approximate surface area is 166 Å². The van der Waals surface area contributed by atoms with Gasteiger partial charge in [-0.3, -0.25) is 9.78 Å². The van der Waals surface area contributed by atoms with Crippen LogP contribution in [0.5, 0.6) is 0 Å². The number of carbonyl (C=O) groups excluding carboxylic acids is 1. The molecule has 0 aliphatic rings. The number of nitrogens with zero attached hydrogens (tertiary/aromatic N) is 4. The minimum absolute atomic E-state index is 0.208. The van der Waals surface area contributed by atoms with Crippen molar-refractivity contribution in [1.82, 2.24) is 19.5 Å². The molecule has 6 nitrogen and oxygen atoms in total. The van der Waals surface area contributed by atoms with E-state index in [1.54, 1.807) is 24.7 Å². The Morgan fingerprint density at radius 3 is 2.67 bits per heavy atom. The third-order valence-corrected chi connectivity index (χ3v) is 4.48. The number of anilines is 1. The first-order valence-electron chi connectivity index (χ1n) is 10.0. The van der Waals surface area contributed by atoms with Gasteiger partial charge < -0.3 is 9.88 Å². The van der Waals surface area contributed by atoms with Crippen LogP contribution in [-0.2, 0) is 7.05 Å². The fourth-order valence-electron chi connectivity index (χ4n) is 2.62. The van der Waals surface area contributed by atoms with Crippen molar-refractivity contribution in [3.63, 3.8) is 0 Å². The first-order chi connectivity index (χ1) is 14.7. The van der Waals surface area contributed by atoms with Gasteiger partial charge in [0.25, 0.3) is 5.91 Å². The molecule has 0 fully saturated rings. The number of benzene rings is 1. The number of aromatic nitrogens is 4. The van der Waals surface area contributed by atoms with Crippen LogP contribution in [0.3, 0.4) is 0 Å². The molecule has 0 atom stereocenters. The molecule has 0 unspecified atom stereocenters. The zero-order valence-corrected chi connectivity index (χ0v) is 15.2. The average Bonchev–Trinajstić information content (AvgIpc) is 3.09. The summed E-state index contributed by atoms with van der Waals surface area (Å²) in [5.74, 6) is 0.281. The van der Waals surface area contributed by atoms with Gasteiger partial charge in [-0.1, -0.05) is 23.7 Å². The van der Waals surface area contributed by atoms with Gasteiger partial charge in [-0.15, -0.1) is 0 Å². The molecule has 0 bridgehead atoms. The van der Waals surface area contributed by atoms with Crippen LogP contribution in [-0.4, -0.2) is 25.4 Å². The third kappa shape index (κ3) is 3.27.